The largest absolute Gasteiger partial charge is 0.492 e. The van der Waals surface area contributed by atoms with E-state index in [9.17, 15) is 10.5 Å². The molecule has 6 aromatic heterocycles. The van der Waals surface area contributed by atoms with Crippen LogP contribution in [0.4, 0.5) is 0 Å². The van der Waals surface area contributed by atoms with Crippen LogP contribution >= 0.6 is 68.0 Å². The Kier molecular flexibility index (Phi) is 9.57. The van der Waals surface area contributed by atoms with Crippen molar-refractivity contribution >= 4 is 99.0 Å². The third-order valence-corrected chi connectivity index (χ3v) is 16.9. The van der Waals surface area contributed by atoms with Crippen LogP contribution in [0.1, 0.15) is 79.7 Å². The van der Waals surface area contributed by atoms with Crippen molar-refractivity contribution in [2.45, 2.75) is 64.2 Å². The maximum Gasteiger partial charge on any atom is 0.263 e. The molecule has 0 radical (unpaired) electrons. The Morgan fingerprint density at radius 1 is 0.692 bits per heavy atom. The number of ether oxygens (including phenoxy) is 2. The molecule has 0 saturated heterocycles. The quantitative estimate of drug-likeness (QED) is 0.102. The van der Waals surface area contributed by atoms with Gasteiger partial charge < -0.3 is 9.47 Å². The molecule has 6 aromatic rings. The third-order valence-electron chi connectivity index (χ3n) is 9.43. The average molecular weight is 791 g/mol. The number of fused-ring (bicyclic) bond motifs is 9. The molecule has 0 amide bonds. The first kappa shape index (κ1) is 34.8. The van der Waals surface area contributed by atoms with Crippen molar-refractivity contribution < 1.29 is 9.47 Å². The molecule has 8 rings (SSSR count). The first-order valence-electron chi connectivity index (χ1n) is 17.1. The zero-order valence-electron chi connectivity index (χ0n) is 28.4. The van der Waals surface area contributed by atoms with Gasteiger partial charge in [-0.05, 0) is 62.1 Å². The summed E-state index contributed by atoms with van der Waals surface area (Å²) in [5.41, 5.74) is 3.17. The summed E-state index contributed by atoms with van der Waals surface area (Å²) in [6, 6.07) is 12.6. The number of nitriles is 2. The summed E-state index contributed by atoms with van der Waals surface area (Å²) >= 11 is 10.7. The lowest BCUT2D eigenvalue weighted by Gasteiger charge is -2.35. The molecule has 0 unspecified atom stereocenters. The van der Waals surface area contributed by atoms with Gasteiger partial charge in [0.05, 0.1) is 77.2 Å². The Morgan fingerprint density at radius 2 is 1.15 bits per heavy atom. The Hall–Kier alpha value is -4.24. The fraction of sp³-hybridized carbons (Fsp3) is 0.300. The number of nitrogens with zero attached hydrogens (tertiary/aromatic N) is 4. The number of hydrogen-bond donors (Lipinski definition) is 0. The second kappa shape index (κ2) is 14.3. The molecular weight excluding hydrogens is 761 g/mol. The minimum absolute atomic E-state index is 0.0197. The van der Waals surface area contributed by atoms with Crippen LogP contribution in [0.3, 0.4) is 0 Å². The van der Waals surface area contributed by atoms with E-state index in [1.165, 1.54) is 68.7 Å². The van der Waals surface area contributed by atoms with Crippen molar-refractivity contribution in [3.8, 4) is 52.9 Å². The molecular formula is C40H30N4O2S6. The third kappa shape index (κ3) is 5.80. The van der Waals surface area contributed by atoms with Gasteiger partial charge in [0.2, 0.25) is 0 Å². The van der Waals surface area contributed by atoms with Crippen molar-refractivity contribution in [3.05, 3.63) is 79.4 Å². The highest BCUT2D eigenvalue weighted by Gasteiger charge is 2.49. The van der Waals surface area contributed by atoms with Gasteiger partial charge in [-0.15, -0.1) is 68.0 Å². The van der Waals surface area contributed by atoms with Crippen LogP contribution in [0.5, 0.6) is 11.5 Å². The Bertz CT molecular complexity index is 2400. The van der Waals surface area contributed by atoms with E-state index in [0.29, 0.717) is 13.2 Å². The van der Waals surface area contributed by atoms with E-state index >= 15 is 0 Å². The zero-order chi connectivity index (χ0) is 36.0. The molecule has 1 spiro atoms. The predicted molar refractivity (Wildman–Crippen MR) is 221 cm³/mol. The van der Waals surface area contributed by atoms with Crippen molar-refractivity contribution in [2.24, 2.45) is 0 Å². The second-order valence-corrected chi connectivity index (χ2v) is 19.1. The number of hydrogen-bond acceptors (Lipinski definition) is 10. The monoisotopic (exact) mass is 790 g/mol. The molecule has 52 heavy (non-hydrogen) atoms. The van der Waals surface area contributed by atoms with Gasteiger partial charge in [0.25, 0.3) is 11.4 Å². The second-order valence-electron chi connectivity index (χ2n) is 12.8. The summed E-state index contributed by atoms with van der Waals surface area (Å²) in [7, 11) is 0. The molecule has 12 heteroatoms. The molecule has 0 bridgehead atoms. The highest BCUT2D eigenvalue weighted by Crippen LogP contribution is 2.67. The van der Waals surface area contributed by atoms with Gasteiger partial charge in [0.15, 0.2) is 0 Å². The lowest BCUT2D eigenvalue weighted by atomic mass is 9.68. The van der Waals surface area contributed by atoms with Crippen LogP contribution in [0.2, 0.25) is 0 Å². The highest BCUT2D eigenvalue weighted by atomic mass is 32.1. The van der Waals surface area contributed by atoms with Gasteiger partial charge in [-0.25, -0.2) is 20.2 Å². The summed E-state index contributed by atoms with van der Waals surface area (Å²) in [4.78, 5) is 15.8. The molecule has 0 aliphatic heterocycles. The van der Waals surface area contributed by atoms with E-state index in [1.807, 2.05) is 69.6 Å². The molecule has 1 fully saturated rings. The van der Waals surface area contributed by atoms with Crippen LogP contribution in [0.25, 0.3) is 69.9 Å². The summed E-state index contributed by atoms with van der Waals surface area (Å²) in [6.45, 7) is 20.1. The Morgan fingerprint density at radius 3 is 1.56 bits per heavy atom. The Balaban J connectivity index is 1.24. The molecule has 258 valence electrons. The topological polar surface area (TPSA) is 74.8 Å². The van der Waals surface area contributed by atoms with Crippen molar-refractivity contribution in [1.82, 2.24) is 0 Å². The molecule has 0 atom stereocenters. The van der Waals surface area contributed by atoms with E-state index in [0.717, 1.165) is 56.7 Å². The maximum atomic E-state index is 9.39. The molecule has 6 nitrogen and oxygen atoms in total. The van der Waals surface area contributed by atoms with Gasteiger partial charge in [-0.3, -0.25) is 0 Å². The molecule has 6 heterocycles. The number of thiophene rings is 6. The zero-order valence-corrected chi connectivity index (χ0v) is 33.3. The summed E-state index contributed by atoms with van der Waals surface area (Å²) in [5.74, 6) is 1.63. The lowest BCUT2D eigenvalue weighted by molar-refractivity contribution is 0.320. The molecule has 2 aliphatic carbocycles. The number of rotatable bonds is 10. The summed E-state index contributed by atoms with van der Waals surface area (Å²) in [5, 5.41) is 18.8. The van der Waals surface area contributed by atoms with Gasteiger partial charge >= 0.3 is 0 Å². The van der Waals surface area contributed by atoms with Crippen molar-refractivity contribution in [2.75, 3.05) is 13.2 Å². The van der Waals surface area contributed by atoms with Gasteiger partial charge in [0.1, 0.15) is 11.5 Å². The maximum absolute atomic E-state index is 9.39. The molecule has 0 aromatic carbocycles. The van der Waals surface area contributed by atoms with Crippen LogP contribution in [0, 0.1) is 35.8 Å². The average Bonchev–Trinajstić information content (AvgIpc) is 4.01. The minimum Gasteiger partial charge on any atom is -0.492 e. The fourth-order valence-corrected chi connectivity index (χ4v) is 15.4. The van der Waals surface area contributed by atoms with E-state index in [4.69, 9.17) is 22.6 Å². The first-order valence-corrected chi connectivity index (χ1v) is 22.0. The minimum atomic E-state index is -0.0197. The van der Waals surface area contributed by atoms with Crippen LogP contribution in [-0.2, 0) is 5.41 Å². The normalized spacial score (nSPS) is 15.0. The summed E-state index contributed by atoms with van der Waals surface area (Å²) in [6.07, 6.45) is 11.1. The standard InChI is InChI=1S/C40H30N4O2S6/c1-5-12-45-26-16-24(14-22(20-41)43-3)47-34(26)28-18-30-36(49-28)32-38(51-30)39-33(40(32)10-8-7-9-11-40)37-31(52-39)19-29(50-37)35-27(46-13-6-2)17-25(48-35)15-23(21-42)44-4/h14-19H,5-13H2,1-2H3/b22-14-,23-15+. The van der Waals surface area contributed by atoms with Crippen molar-refractivity contribution in [1.29, 1.82) is 10.5 Å². The predicted octanol–water partition coefficient (Wildman–Crippen LogP) is 14.1. The molecule has 0 N–H and O–H groups in total. The van der Waals surface area contributed by atoms with Crippen molar-refractivity contribution in [3.63, 3.8) is 0 Å². The number of allylic oxidation sites excluding steroid dienone is 2. The smallest absolute Gasteiger partial charge is 0.263 e. The fourth-order valence-electron chi connectivity index (χ4n) is 7.33. The van der Waals surface area contributed by atoms with E-state index < -0.39 is 0 Å². The summed E-state index contributed by atoms with van der Waals surface area (Å²) < 4.78 is 17.9. The van der Waals surface area contributed by atoms with Gasteiger partial charge in [-0.1, -0.05) is 33.1 Å². The first-order chi connectivity index (χ1) is 25.4. The van der Waals surface area contributed by atoms with E-state index in [2.05, 4.69) is 35.7 Å². The van der Waals surface area contributed by atoms with E-state index in [-0.39, 0.29) is 16.8 Å². The van der Waals surface area contributed by atoms with Crippen LogP contribution in [0.15, 0.2) is 35.7 Å². The SMILES string of the molecule is [C-]#[N+]/C(C#N)=C\c1cc(OCCC)c(-c2cc3sc4c(c3s2)C2(CCCCC2)c2c-4sc3cc(-c4sc(/C=C(\C#N)[N+]#[C-])cc4OCCC)sc23)s1. The molecule has 2 aliphatic rings. The molecule has 1 saturated carbocycles. The van der Waals surface area contributed by atoms with Gasteiger partial charge in [-0.2, -0.15) is 0 Å². The Labute approximate surface area is 326 Å². The lowest BCUT2D eigenvalue weighted by Crippen LogP contribution is -2.27. The van der Waals surface area contributed by atoms with Crippen LogP contribution < -0.4 is 9.47 Å². The highest BCUT2D eigenvalue weighted by molar-refractivity contribution is 7.36. The van der Waals surface area contributed by atoms with Gasteiger partial charge in [0, 0.05) is 35.7 Å². The van der Waals surface area contributed by atoms with E-state index in [1.54, 1.807) is 34.8 Å². The van der Waals surface area contributed by atoms with Crippen LogP contribution in [-0.4, -0.2) is 13.2 Å².